The second-order valence-electron chi connectivity index (χ2n) is 4.26. The van der Waals surface area contributed by atoms with Crippen LogP contribution >= 0.6 is 0 Å². The van der Waals surface area contributed by atoms with Crippen LogP contribution in [0.25, 0.3) is 11.4 Å². The summed E-state index contributed by atoms with van der Waals surface area (Å²) in [4.78, 5) is 16.9. The summed E-state index contributed by atoms with van der Waals surface area (Å²) in [6.07, 6.45) is 4.21. The molecule has 0 bridgehead atoms. The van der Waals surface area contributed by atoms with Crippen molar-refractivity contribution in [3.63, 3.8) is 0 Å². The largest absolute Gasteiger partial charge is 0.352 e. The van der Waals surface area contributed by atoms with Gasteiger partial charge in [0.2, 0.25) is 11.7 Å². The molecule has 7 nitrogen and oxygen atoms in total. The summed E-state index contributed by atoms with van der Waals surface area (Å²) < 4.78 is 0. The lowest BCUT2D eigenvalue weighted by molar-refractivity contribution is -0.122. The van der Waals surface area contributed by atoms with Gasteiger partial charge < -0.3 is 5.32 Å². The monoisotopic (exact) mass is 260 g/mol. The molecule has 0 aliphatic carbocycles. The van der Waals surface area contributed by atoms with Crippen molar-refractivity contribution >= 4 is 5.91 Å². The van der Waals surface area contributed by atoms with E-state index < -0.39 is 0 Å². The third-order valence-electron chi connectivity index (χ3n) is 2.68. The Balaban J connectivity index is 2.00. The van der Waals surface area contributed by atoms with Gasteiger partial charge in [0.1, 0.15) is 6.54 Å². The maximum atomic E-state index is 11.7. The first-order valence-electron chi connectivity index (χ1n) is 6.16. The van der Waals surface area contributed by atoms with E-state index in [4.69, 9.17) is 0 Å². The Hall–Kier alpha value is -2.31. The molecule has 0 aliphatic rings. The van der Waals surface area contributed by atoms with Gasteiger partial charge >= 0.3 is 0 Å². The highest BCUT2D eigenvalue weighted by Gasteiger charge is 2.10. The van der Waals surface area contributed by atoms with E-state index in [2.05, 4.69) is 25.7 Å². The number of carbonyl (C=O) groups excluding carboxylic acids is 1. The smallest absolute Gasteiger partial charge is 0.243 e. The second kappa shape index (κ2) is 6.03. The summed E-state index contributed by atoms with van der Waals surface area (Å²) in [6.45, 7) is 4.03. The Kier molecular flexibility index (Phi) is 4.17. The van der Waals surface area contributed by atoms with Gasteiger partial charge in [-0.05, 0) is 30.7 Å². The van der Waals surface area contributed by atoms with E-state index in [9.17, 15) is 4.79 Å². The van der Waals surface area contributed by atoms with Gasteiger partial charge in [0.15, 0.2) is 0 Å². The minimum absolute atomic E-state index is 0.0671. The molecule has 100 valence electrons. The molecule has 2 aromatic rings. The molecular weight excluding hydrogens is 244 g/mol. The first kappa shape index (κ1) is 13.1. The first-order chi connectivity index (χ1) is 9.19. The van der Waals surface area contributed by atoms with Gasteiger partial charge in [-0.25, -0.2) is 0 Å². The zero-order valence-electron chi connectivity index (χ0n) is 10.9. The summed E-state index contributed by atoms with van der Waals surface area (Å²) in [5.74, 6) is 0.342. The van der Waals surface area contributed by atoms with Crippen molar-refractivity contribution in [1.29, 1.82) is 0 Å². The topological polar surface area (TPSA) is 85.6 Å². The highest BCUT2D eigenvalue weighted by atomic mass is 16.2. The number of carbonyl (C=O) groups is 1. The number of aromatic nitrogens is 5. The third-order valence-corrected chi connectivity index (χ3v) is 2.68. The summed E-state index contributed by atoms with van der Waals surface area (Å²) in [6, 6.07) is 3.79. The lowest BCUT2D eigenvalue weighted by Gasteiger charge is -2.10. The zero-order valence-corrected chi connectivity index (χ0v) is 10.9. The van der Waals surface area contributed by atoms with Gasteiger partial charge in [-0.2, -0.15) is 4.80 Å². The molecule has 1 atom stereocenters. The van der Waals surface area contributed by atoms with E-state index in [0.717, 1.165) is 12.0 Å². The van der Waals surface area contributed by atoms with Crippen LogP contribution in [-0.4, -0.2) is 37.1 Å². The maximum absolute atomic E-state index is 11.7. The Labute approximate surface area is 111 Å². The van der Waals surface area contributed by atoms with E-state index in [-0.39, 0.29) is 18.5 Å². The molecule has 2 rings (SSSR count). The van der Waals surface area contributed by atoms with Crippen molar-refractivity contribution in [2.45, 2.75) is 32.9 Å². The predicted molar refractivity (Wildman–Crippen MR) is 68.9 cm³/mol. The van der Waals surface area contributed by atoms with Crippen LogP contribution in [-0.2, 0) is 11.3 Å². The predicted octanol–water partition coefficient (Wildman–Crippen LogP) is 0.650. The molecule has 19 heavy (non-hydrogen) atoms. The molecule has 1 N–H and O–H groups in total. The molecule has 2 aromatic heterocycles. The van der Waals surface area contributed by atoms with E-state index >= 15 is 0 Å². The van der Waals surface area contributed by atoms with Crippen LogP contribution in [0.5, 0.6) is 0 Å². The van der Waals surface area contributed by atoms with E-state index in [1.807, 2.05) is 19.9 Å². The fourth-order valence-electron chi connectivity index (χ4n) is 1.47. The number of rotatable bonds is 5. The molecule has 0 saturated carbocycles. The molecule has 0 aliphatic heterocycles. The first-order valence-corrected chi connectivity index (χ1v) is 6.16. The highest BCUT2D eigenvalue weighted by Crippen LogP contribution is 2.09. The lowest BCUT2D eigenvalue weighted by Crippen LogP contribution is -2.35. The van der Waals surface area contributed by atoms with E-state index in [0.29, 0.717) is 5.82 Å². The number of tetrazole rings is 1. The number of pyridine rings is 1. The lowest BCUT2D eigenvalue weighted by atomic mass is 10.2. The average molecular weight is 260 g/mol. The minimum atomic E-state index is -0.121. The van der Waals surface area contributed by atoms with Crippen LogP contribution in [0.15, 0.2) is 24.5 Å². The summed E-state index contributed by atoms with van der Waals surface area (Å²) in [7, 11) is 0. The normalized spacial score (nSPS) is 12.1. The van der Waals surface area contributed by atoms with Crippen molar-refractivity contribution in [3.05, 3.63) is 24.5 Å². The van der Waals surface area contributed by atoms with Crippen LogP contribution in [0.4, 0.5) is 0 Å². The number of nitrogens with zero attached hydrogens (tertiary/aromatic N) is 5. The van der Waals surface area contributed by atoms with Gasteiger partial charge in [0.25, 0.3) is 0 Å². The van der Waals surface area contributed by atoms with Crippen LogP contribution in [0.1, 0.15) is 20.3 Å². The van der Waals surface area contributed by atoms with Gasteiger partial charge in [-0.15, -0.1) is 10.2 Å². The molecule has 0 saturated heterocycles. The standard InChI is InChI=1S/C12H16N6O/c1-3-9(2)14-11(19)8-18-16-12(15-17-18)10-5-4-6-13-7-10/h4-7,9H,3,8H2,1-2H3,(H,14,19)/t9-/m1/s1. The summed E-state index contributed by atoms with van der Waals surface area (Å²) in [5, 5.41) is 14.7. The molecule has 2 heterocycles. The van der Waals surface area contributed by atoms with Crippen LogP contribution in [0.3, 0.4) is 0 Å². The fourth-order valence-corrected chi connectivity index (χ4v) is 1.47. The fraction of sp³-hybridized carbons (Fsp3) is 0.417. The van der Waals surface area contributed by atoms with Gasteiger partial charge in [-0.1, -0.05) is 6.92 Å². The molecule has 7 heteroatoms. The molecular formula is C12H16N6O. The van der Waals surface area contributed by atoms with Crippen molar-refractivity contribution in [2.24, 2.45) is 0 Å². The number of hydrogen-bond donors (Lipinski definition) is 1. The molecule has 0 radical (unpaired) electrons. The van der Waals surface area contributed by atoms with Crippen LogP contribution in [0.2, 0.25) is 0 Å². The van der Waals surface area contributed by atoms with Gasteiger partial charge in [0.05, 0.1) is 0 Å². The van der Waals surface area contributed by atoms with Crippen LogP contribution in [0, 0.1) is 0 Å². The minimum Gasteiger partial charge on any atom is -0.352 e. The van der Waals surface area contributed by atoms with Crippen molar-refractivity contribution in [2.75, 3.05) is 0 Å². The third kappa shape index (κ3) is 3.57. The summed E-state index contributed by atoms with van der Waals surface area (Å²) >= 11 is 0. The van der Waals surface area contributed by atoms with E-state index in [1.165, 1.54) is 4.80 Å². The number of nitrogens with one attached hydrogen (secondary N) is 1. The number of amides is 1. The average Bonchev–Trinajstić information content (AvgIpc) is 2.88. The highest BCUT2D eigenvalue weighted by molar-refractivity contribution is 5.75. The molecule has 0 spiro atoms. The Morgan fingerprint density at radius 2 is 2.37 bits per heavy atom. The SMILES string of the molecule is CC[C@@H](C)NC(=O)Cn1nnc(-c2cccnc2)n1. The van der Waals surface area contributed by atoms with Crippen molar-refractivity contribution < 1.29 is 4.79 Å². The molecule has 0 aromatic carbocycles. The van der Waals surface area contributed by atoms with Crippen LogP contribution < -0.4 is 5.32 Å². The summed E-state index contributed by atoms with van der Waals surface area (Å²) in [5.41, 5.74) is 0.774. The maximum Gasteiger partial charge on any atom is 0.243 e. The van der Waals surface area contributed by atoms with Gasteiger partial charge in [-0.3, -0.25) is 9.78 Å². The van der Waals surface area contributed by atoms with Crippen molar-refractivity contribution in [1.82, 2.24) is 30.5 Å². The second-order valence-corrected chi connectivity index (χ2v) is 4.26. The Morgan fingerprint density at radius 3 is 3.05 bits per heavy atom. The molecule has 0 unspecified atom stereocenters. The zero-order chi connectivity index (χ0) is 13.7. The van der Waals surface area contributed by atoms with Gasteiger partial charge in [0, 0.05) is 24.0 Å². The molecule has 1 amide bonds. The van der Waals surface area contributed by atoms with E-state index in [1.54, 1.807) is 18.5 Å². The quantitative estimate of drug-likeness (QED) is 0.853. The Morgan fingerprint density at radius 1 is 1.53 bits per heavy atom. The van der Waals surface area contributed by atoms with Crippen molar-refractivity contribution in [3.8, 4) is 11.4 Å². The number of hydrogen-bond acceptors (Lipinski definition) is 5. The Bertz CT molecular complexity index is 538. The molecule has 0 fully saturated rings.